The molecule has 2 aromatic heterocycles. The molecule has 8 heteroatoms. The highest BCUT2D eigenvalue weighted by atomic mass is 16.7. The van der Waals surface area contributed by atoms with E-state index in [0.29, 0.717) is 41.9 Å². The van der Waals surface area contributed by atoms with Crippen LogP contribution in [-0.2, 0) is 13.0 Å². The van der Waals surface area contributed by atoms with Gasteiger partial charge >= 0.3 is 0 Å². The minimum absolute atomic E-state index is 0.197. The number of ether oxygens (including phenoxy) is 2. The van der Waals surface area contributed by atoms with Crippen LogP contribution in [0.1, 0.15) is 11.5 Å². The number of aromatic nitrogens is 4. The lowest BCUT2D eigenvalue weighted by Crippen LogP contribution is -2.23. The van der Waals surface area contributed by atoms with Crippen LogP contribution < -0.4 is 15.0 Å². The first-order valence-electron chi connectivity index (χ1n) is 9.53. The first-order valence-corrected chi connectivity index (χ1v) is 9.53. The molecule has 150 valence electrons. The van der Waals surface area contributed by atoms with Crippen molar-refractivity contribution in [1.29, 1.82) is 0 Å². The van der Waals surface area contributed by atoms with Gasteiger partial charge in [-0.25, -0.2) is 4.68 Å². The van der Waals surface area contributed by atoms with Crippen LogP contribution in [0, 0.1) is 6.92 Å². The Morgan fingerprint density at radius 3 is 2.63 bits per heavy atom. The Morgan fingerprint density at radius 2 is 1.77 bits per heavy atom. The topological polar surface area (TPSA) is 92.3 Å². The third kappa shape index (κ3) is 3.55. The zero-order valence-corrected chi connectivity index (χ0v) is 16.2. The lowest BCUT2D eigenvalue weighted by molar-refractivity contribution is 0.174. The number of aryl methyl sites for hydroxylation is 3. The number of hydrogen-bond acceptors (Lipinski definition) is 7. The summed E-state index contributed by atoms with van der Waals surface area (Å²) in [5.74, 6) is 2.35. The molecule has 30 heavy (non-hydrogen) atoms. The fourth-order valence-corrected chi connectivity index (χ4v) is 3.20. The molecule has 0 bridgehead atoms. The summed E-state index contributed by atoms with van der Waals surface area (Å²) in [7, 11) is 0. The van der Waals surface area contributed by atoms with Crippen LogP contribution in [0.25, 0.3) is 22.6 Å². The number of fused-ring (bicyclic) bond motifs is 1. The molecule has 1 aliphatic rings. The van der Waals surface area contributed by atoms with Crippen molar-refractivity contribution in [3.05, 3.63) is 76.4 Å². The van der Waals surface area contributed by atoms with E-state index in [1.54, 1.807) is 6.07 Å². The summed E-state index contributed by atoms with van der Waals surface area (Å²) in [5, 5.41) is 8.51. The van der Waals surface area contributed by atoms with Crippen molar-refractivity contribution in [2.24, 2.45) is 0 Å². The number of hydrogen-bond donors (Lipinski definition) is 0. The molecule has 0 fully saturated rings. The van der Waals surface area contributed by atoms with Crippen molar-refractivity contribution < 1.29 is 14.0 Å². The molecule has 0 spiro atoms. The van der Waals surface area contributed by atoms with Crippen molar-refractivity contribution in [3.63, 3.8) is 0 Å². The summed E-state index contributed by atoms with van der Waals surface area (Å²) in [6.07, 6.45) is 0.399. The van der Waals surface area contributed by atoms with E-state index in [0.717, 1.165) is 16.7 Å². The van der Waals surface area contributed by atoms with Crippen LogP contribution >= 0.6 is 0 Å². The molecule has 0 amide bonds. The second-order valence-corrected chi connectivity index (χ2v) is 6.98. The van der Waals surface area contributed by atoms with Crippen molar-refractivity contribution in [2.45, 2.75) is 19.9 Å². The first-order chi connectivity index (χ1) is 14.7. The molecule has 5 rings (SSSR count). The molecule has 0 unspecified atom stereocenters. The Morgan fingerprint density at radius 1 is 0.967 bits per heavy atom. The molecule has 8 nitrogen and oxygen atoms in total. The van der Waals surface area contributed by atoms with Gasteiger partial charge in [0.2, 0.25) is 18.5 Å². The van der Waals surface area contributed by atoms with Crippen molar-refractivity contribution >= 4 is 0 Å². The summed E-state index contributed by atoms with van der Waals surface area (Å²) < 4.78 is 17.5. The van der Waals surface area contributed by atoms with Gasteiger partial charge in [-0.3, -0.25) is 4.79 Å². The van der Waals surface area contributed by atoms with Crippen LogP contribution in [0.4, 0.5) is 0 Å². The van der Waals surface area contributed by atoms with Gasteiger partial charge in [0.15, 0.2) is 11.5 Å². The maximum Gasteiger partial charge on any atom is 0.266 e. The number of rotatable bonds is 5. The summed E-state index contributed by atoms with van der Waals surface area (Å²) in [5.41, 5.74) is 3.36. The zero-order chi connectivity index (χ0) is 20.5. The maximum atomic E-state index is 12.3. The summed E-state index contributed by atoms with van der Waals surface area (Å²) in [6.45, 7) is 2.56. The molecule has 0 saturated carbocycles. The van der Waals surface area contributed by atoms with Gasteiger partial charge in [-0.05, 0) is 31.2 Å². The summed E-state index contributed by atoms with van der Waals surface area (Å²) in [4.78, 5) is 16.7. The molecule has 0 atom stereocenters. The number of benzene rings is 2. The SMILES string of the molecule is Cc1ccc(-c2noc(CCn3nc(-c4ccc5c(c4)OCO5)ccc3=O)n2)cc1. The Bertz CT molecular complexity index is 1260. The summed E-state index contributed by atoms with van der Waals surface area (Å²) >= 11 is 0. The van der Waals surface area contributed by atoms with Crippen molar-refractivity contribution in [1.82, 2.24) is 19.9 Å². The largest absolute Gasteiger partial charge is 0.454 e. The van der Waals surface area contributed by atoms with Crippen LogP contribution in [0.3, 0.4) is 0 Å². The van der Waals surface area contributed by atoms with E-state index in [-0.39, 0.29) is 12.4 Å². The smallest absolute Gasteiger partial charge is 0.266 e. The summed E-state index contributed by atoms with van der Waals surface area (Å²) in [6, 6.07) is 16.7. The van der Waals surface area contributed by atoms with E-state index in [9.17, 15) is 4.79 Å². The van der Waals surface area contributed by atoms with Crippen molar-refractivity contribution in [2.75, 3.05) is 6.79 Å². The van der Waals surface area contributed by atoms with Crippen LogP contribution in [0.15, 0.2) is 63.9 Å². The van der Waals surface area contributed by atoms with E-state index < -0.39 is 0 Å². The second kappa shape index (κ2) is 7.47. The Kier molecular flexibility index (Phi) is 4.51. The Hall–Kier alpha value is -3.94. The average Bonchev–Trinajstić information content (AvgIpc) is 3.43. The molecule has 0 N–H and O–H groups in total. The highest BCUT2D eigenvalue weighted by molar-refractivity contribution is 5.63. The van der Waals surface area contributed by atoms with Crippen LogP contribution in [0.5, 0.6) is 11.5 Å². The minimum atomic E-state index is -0.197. The van der Waals surface area contributed by atoms with E-state index in [1.165, 1.54) is 10.7 Å². The van der Waals surface area contributed by atoms with Gasteiger partial charge in [0.05, 0.1) is 12.2 Å². The molecule has 4 aromatic rings. The molecule has 3 heterocycles. The molecule has 0 aliphatic carbocycles. The van der Waals surface area contributed by atoms with Gasteiger partial charge in [-0.1, -0.05) is 35.0 Å². The van der Waals surface area contributed by atoms with E-state index >= 15 is 0 Å². The average molecular weight is 402 g/mol. The van der Waals surface area contributed by atoms with Crippen molar-refractivity contribution in [3.8, 4) is 34.1 Å². The highest BCUT2D eigenvalue weighted by Gasteiger charge is 2.15. The number of nitrogens with zero attached hydrogens (tertiary/aromatic N) is 4. The van der Waals surface area contributed by atoms with E-state index in [4.69, 9.17) is 14.0 Å². The third-order valence-electron chi connectivity index (χ3n) is 4.85. The van der Waals surface area contributed by atoms with Gasteiger partial charge in [0, 0.05) is 23.6 Å². The Balaban J connectivity index is 1.34. The lowest BCUT2D eigenvalue weighted by Gasteiger charge is -2.06. The second-order valence-electron chi connectivity index (χ2n) is 6.98. The standard InChI is InChI=1S/C22H18N4O4/c1-14-2-4-15(5-3-14)22-23-20(30-25-22)10-11-26-21(27)9-7-17(24-26)16-6-8-18-19(12-16)29-13-28-18/h2-9,12H,10-11,13H2,1H3. The normalized spacial score (nSPS) is 12.3. The molecular weight excluding hydrogens is 384 g/mol. The molecule has 1 aliphatic heterocycles. The molecule has 0 radical (unpaired) electrons. The molecule has 0 saturated heterocycles. The van der Waals surface area contributed by atoms with Crippen LogP contribution in [0.2, 0.25) is 0 Å². The molecule has 2 aromatic carbocycles. The predicted molar refractivity (Wildman–Crippen MR) is 108 cm³/mol. The van der Waals surface area contributed by atoms with Gasteiger partial charge < -0.3 is 14.0 Å². The zero-order valence-electron chi connectivity index (χ0n) is 16.2. The monoisotopic (exact) mass is 402 g/mol. The van der Waals surface area contributed by atoms with Crippen LogP contribution in [-0.4, -0.2) is 26.7 Å². The predicted octanol–water partition coefficient (Wildman–Crippen LogP) is 3.24. The minimum Gasteiger partial charge on any atom is -0.454 e. The van der Waals surface area contributed by atoms with Gasteiger partial charge in [-0.15, -0.1) is 0 Å². The van der Waals surface area contributed by atoms with E-state index in [1.807, 2.05) is 49.4 Å². The van der Waals surface area contributed by atoms with Gasteiger partial charge in [0.1, 0.15) is 0 Å². The molecular formula is C22H18N4O4. The fraction of sp³-hybridized carbons (Fsp3) is 0.182. The fourth-order valence-electron chi connectivity index (χ4n) is 3.20. The third-order valence-corrected chi connectivity index (χ3v) is 4.85. The first kappa shape index (κ1) is 18.1. The quantitative estimate of drug-likeness (QED) is 0.506. The lowest BCUT2D eigenvalue weighted by atomic mass is 10.1. The van der Waals surface area contributed by atoms with E-state index in [2.05, 4.69) is 15.2 Å². The van der Waals surface area contributed by atoms with Gasteiger partial charge in [0.25, 0.3) is 5.56 Å². The van der Waals surface area contributed by atoms with Gasteiger partial charge in [-0.2, -0.15) is 10.1 Å². The Labute approximate surface area is 171 Å². The highest BCUT2D eigenvalue weighted by Crippen LogP contribution is 2.35. The maximum absolute atomic E-state index is 12.3.